The van der Waals surface area contributed by atoms with E-state index >= 15 is 0 Å². The van der Waals surface area contributed by atoms with Crippen LogP contribution in [0.2, 0.25) is 0 Å². The van der Waals surface area contributed by atoms with Crippen LogP contribution in [0.25, 0.3) is 0 Å². The number of ether oxygens (including phenoxy) is 3. The van der Waals surface area contributed by atoms with Gasteiger partial charge < -0.3 is 19.9 Å². The minimum absolute atomic E-state index is 0.0771. The fourth-order valence-electron chi connectivity index (χ4n) is 2.23. The maximum absolute atomic E-state index is 6.21. The smallest absolute Gasteiger partial charge is 0.131 e. The second-order valence-electron chi connectivity index (χ2n) is 4.91. The highest BCUT2D eigenvalue weighted by molar-refractivity contribution is 5.51. The molecule has 0 spiro atoms. The molecular weight excluding hydrogens is 230 g/mol. The Bertz CT molecular complexity index is 427. The van der Waals surface area contributed by atoms with Gasteiger partial charge >= 0.3 is 0 Å². The summed E-state index contributed by atoms with van der Waals surface area (Å²) in [4.78, 5) is 0. The van der Waals surface area contributed by atoms with Gasteiger partial charge in [0.15, 0.2) is 0 Å². The normalized spacial score (nSPS) is 16.4. The van der Waals surface area contributed by atoms with E-state index in [1.807, 2.05) is 12.1 Å². The first kappa shape index (κ1) is 13.2. The lowest BCUT2D eigenvalue weighted by Crippen LogP contribution is -2.25. The Labute approximate surface area is 108 Å². The lowest BCUT2D eigenvalue weighted by atomic mass is 9.99. The van der Waals surface area contributed by atoms with Crippen LogP contribution >= 0.6 is 0 Å². The van der Waals surface area contributed by atoms with Crippen LogP contribution in [-0.4, -0.2) is 26.9 Å². The van der Waals surface area contributed by atoms with Gasteiger partial charge in [0.1, 0.15) is 11.5 Å². The Hall–Kier alpha value is -1.26. The molecule has 18 heavy (non-hydrogen) atoms. The molecule has 1 aromatic rings. The van der Waals surface area contributed by atoms with Gasteiger partial charge in [-0.2, -0.15) is 0 Å². The predicted octanol–water partition coefficient (Wildman–Crippen LogP) is 1.88. The molecule has 0 aliphatic heterocycles. The third-order valence-electron chi connectivity index (χ3n) is 3.44. The lowest BCUT2D eigenvalue weighted by Gasteiger charge is -2.19. The third-order valence-corrected chi connectivity index (χ3v) is 3.44. The summed E-state index contributed by atoms with van der Waals surface area (Å²) in [5, 5.41) is 0. The Balaban J connectivity index is 2.39. The topological polar surface area (TPSA) is 53.7 Å². The van der Waals surface area contributed by atoms with Crippen molar-refractivity contribution in [3.05, 3.63) is 23.3 Å². The van der Waals surface area contributed by atoms with E-state index in [-0.39, 0.29) is 5.54 Å². The minimum atomic E-state index is -0.0771. The Morgan fingerprint density at radius 2 is 1.89 bits per heavy atom. The fraction of sp³-hybridized carbons (Fsp3) is 0.571. The van der Waals surface area contributed by atoms with Crippen LogP contribution in [0.1, 0.15) is 24.0 Å². The molecule has 4 nitrogen and oxygen atoms in total. The largest absolute Gasteiger partial charge is 0.496 e. The summed E-state index contributed by atoms with van der Waals surface area (Å²) in [6.07, 6.45) is 2.92. The van der Waals surface area contributed by atoms with E-state index in [0.717, 1.165) is 41.9 Å². The van der Waals surface area contributed by atoms with Crippen LogP contribution in [0.15, 0.2) is 12.1 Å². The minimum Gasteiger partial charge on any atom is -0.496 e. The monoisotopic (exact) mass is 251 g/mol. The van der Waals surface area contributed by atoms with Crippen molar-refractivity contribution in [1.82, 2.24) is 0 Å². The average Bonchev–Trinajstić information content (AvgIpc) is 3.08. The van der Waals surface area contributed by atoms with Crippen LogP contribution in [0, 0.1) is 0 Å². The summed E-state index contributed by atoms with van der Waals surface area (Å²) in [7, 11) is 5.02. The molecule has 1 saturated carbocycles. The molecule has 1 aliphatic rings. The standard InChI is InChI=1S/C14H21NO3/c1-16-9-10-4-5-12(17-2)11(13(10)18-3)8-14(15)6-7-14/h4-5H,6-9,15H2,1-3H3. The molecule has 0 saturated heterocycles. The highest BCUT2D eigenvalue weighted by atomic mass is 16.5. The number of methoxy groups -OCH3 is 3. The molecule has 2 N–H and O–H groups in total. The maximum atomic E-state index is 6.21. The van der Waals surface area contributed by atoms with Crippen molar-refractivity contribution >= 4 is 0 Å². The van der Waals surface area contributed by atoms with Crippen LogP contribution in [0.4, 0.5) is 0 Å². The van der Waals surface area contributed by atoms with E-state index < -0.39 is 0 Å². The summed E-state index contributed by atoms with van der Waals surface area (Å²) in [5.74, 6) is 1.68. The Kier molecular flexibility index (Phi) is 3.78. The van der Waals surface area contributed by atoms with Gasteiger partial charge in [0, 0.05) is 23.8 Å². The van der Waals surface area contributed by atoms with Crippen molar-refractivity contribution in [1.29, 1.82) is 0 Å². The highest BCUT2D eigenvalue weighted by Crippen LogP contribution is 2.42. The zero-order valence-corrected chi connectivity index (χ0v) is 11.3. The lowest BCUT2D eigenvalue weighted by molar-refractivity contribution is 0.181. The van der Waals surface area contributed by atoms with Gasteiger partial charge in [0.25, 0.3) is 0 Å². The number of hydrogen-bond donors (Lipinski definition) is 1. The van der Waals surface area contributed by atoms with E-state index in [1.54, 1.807) is 21.3 Å². The maximum Gasteiger partial charge on any atom is 0.131 e. The molecule has 1 aliphatic carbocycles. The van der Waals surface area contributed by atoms with Gasteiger partial charge in [-0.05, 0) is 31.4 Å². The van der Waals surface area contributed by atoms with Crippen molar-refractivity contribution in [3.8, 4) is 11.5 Å². The molecule has 0 radical (unpaired) electrons. The van der Waals surface area contributed by atoms with Crippen LogP contribution in [0.3, 0.4) is 0 Å². The first-order valence-electron chi connectivity index (χ1n) is 6.14. The second kappa shape index (κ2) is 5.16. The third kappa shape index (κ3) is 2.60. The van der Waals surface area contributed by atoms with Gasteiger partial charge in [-0.15, -0.1) is 0 Å². The Morgan fingerprint density at radius 3 is 2.39 bits per heavy atom. The molecule has 100 valence electrons. The number of rotatable bonds is 6. The molecule has 0 atom stereocenters. The molecule has 4 heteroatoms. The zero-order chi connectivity index (χ0) is 13.2. The van der Waals surface area contributed by atoms with E-state index in [1.165, 1.54) is 0 Å². The number of benzene rings is 1. The molecule has 0 aromatic heterocycles. The van der Waals surface area contributed by atoms with Gasteiger partial charge in [0.05, 0.1) is 20.8 Å². The number of nitrogens with two attached hydrogens (primary N) is 1. The average molecular weight is 251 g/mol. The van der Waals surface area contributed by atoms with E-state index in [4.69, 9.17) is 19.9 Å². The predicted molar refractivity (Wildman–Crippen MR) is 70.1 cm³/mol. The van der Waals surface area contributed by atoms with E-state index in [0.29, 0.717) is 6.61 Å². The second-order valence-corrected chi connectivity index (χ2v) is 4.91. The highest BCUT2D eigenvalue weighted by Gasteiger charge is 2.39. The van der Waals surface area contributed by atoms with Crippen LogP contribution in [0.5, 0.6) is 11.5 Å². The van der Waals surface area contributed by atoms with Crippen molar-refractivity contribution in [2.75, 3.05) is 21.3 Å². The molecule has 0 bridgehead atoms. The van der Waals surface area contributed by atoms with Crippen LogP contribution in [-0.2, 0) is 17.8 Å². The van der Waals surface area contributed by atoms with Crippen LogP contribution < -0.4 is 15.2 Å². The van der Waals surface area contributed by atoms with Crippen molar-refractivity contribution in [2.24, 2.45) is 5.73 Å². The Morgan fingerprint density at radius 1 is 1.17 bits per heavy atom. The SMILES string of the molecule is COCc1ccc(OC)c(CC2(N)CC2)c1OC. The number of hydrogen-bond acceptors (Lipinski definition) is 4. The zero-order valence-electron chi connectivity index (χ0n) is 11.3. The van der Waals surface area contributed by atoms with E-state index in [2.05, 4.69) is 0 Å². The quantitative estimate of drug-likeness (QED) is 0.838. The molecular formula is C14H21NO3. The van der Waals surface area contributed by atoms with Crippen molar-refractivity contribution < 1.29 is 14.2 Å². The van der Waals surface area contributed by atoms with Crippen molar-refractivity contribution in [3.63, 3.8) is 0 Å². The van der Waals surface area contributed by atoms with Gasteiger partial charge in [-0.3, -0.25) is 0 Å². The molecule has 2 rings (SSSR count). The first-order chi connectivity index (χ1) is 8.63. The van der Waals surface area contributed by atoms with Gasteiger partial charge in [-0.25, -0.2) is 0 Å². The van der Waals surface area contributed by atoms with Crippen molar-refractivity contribution in [2.45, 2.75) is 31.4 Å². The summed E-state index contributed by atoms with van der Waals surface area (Å²) in [5.41, 5.74) is 8.21. The summed E-state index contributed by atoms with van der Waals surface area (Å²) >= 11 is 0. The van der Waals surface area contributed by atoms with Gasteiger partial charge in [0.2, 0.25) is 0 Å². The molecule has 0 amide bonds. The van der Waals surface area contributed by atoms with Gasteiger partial charge in [-0.1, -0.05) is 0 Å². The summed E-state index contributed by atoms with van der Waals surface area (Å²) in [6.45, 7) is 0.526. The van der Waals surface area contributed by atoms with E-state index in [9.17, 15) is 0 Å². The fourth-order valence-corrected chi connectivity index (χ4v) is 2.23. The molecule has 1 aromatic carbocycles. The molecule has 1 fully saturated rings. The molecule has 0 heterocycles. The summed E-state index contributed by atoms with van der Waals surface area (Å²) < 4.78 is 16.1. The summed E-state index contributed by atoms with van der Waals surface area (Å²) in [6, 6.07) is 3.93. The first-order valence-corrected chi connectivity index (χ1v) is 6.14. The molecule has 0 unspecified atom stereocenters.